The summed E-state index contributed by atoms with van der Waals surface area (Å²) < 4.78 is 7.59. The van der Waals surface area contributed by atoms with Gasteiger partial charge in [0.2, 0.25) is 0 Å². The predicted molar refractivity (Wildman–Crippen MR) is 414 cm³/mol. The highest BCUT2D eigenvalue weighted by Gasteiger charge is 2.46. The molecule has 17 rings (SSSR count). The summed E-state index contributed by atoms with van der Waals surface area (Å²) in [6, 6.07) is 99.7. The average Bonchev–Trinajstić information content (AvgIpc) is 1.09. The smallest absolute Gasteiger partial charge is 0.252 e. The number of nitrogens with zero attached hydrogens (tertiary/aromatic N) is 2. The van der Waals surface area contributed by atoms with E-state index in [0.29, 0.717) is 0 Å². The molecule has 96 heavy (non-hydrogen) atoms. The summed E-state index contributed by atoms with van der Waals surface area (Å²) >= 11 is 0. The van der Waals surface area contributed by atoms with Gasteiger partial charge in [-0.1, -0.05) is 295 Å². The number of hydrogen-bond donors (Lipinski definition) is 0. The molecular formula is C92H79BN2O. The van der Waals surface area contributed by atoms with Crippen LogP contribution in [-0.4, -0.2) is 6.71 Å². The van der Waals surface area contributed by atoms with Crippen LogP contribution in [0, 0.1) is 0 Å². The lowest BCUT2D eigenvalue weighted by Gasteiger charge is -2.45. The van der Waals surface area contributed by atoms with Crippen molar-refractivity contribution in [3.8, 4) is 44.5 Å². The second kappa shape index (κ2) is 21.6. The fourth-order valence-electron chi connectivity index (χ4n) is 15.8. The molecule has 0 radical (unpaired) electrons. The molecule has 0 bridgehead atoms. The van der Waals surface area contributed by atoms with Gasteiger partial charge in [-0.25, -0.2) is 0 Å². The zero-order chi connectivity index (χ0) is 65.9. The Labute approximate surface area is 565 Å². The minimum absolute atomic E-state index is 0.101. The molecule has 15 aromatic rings. The van der Waals surface area contributed by atoms with E-state index in [9.17, 15) is 0 Å². The van der Waals surface area contributed by atoms with Crippen molar-refractivity contribution in [2.75, 3.05) is 9.80 Å². The third-order valence-electron chi connectivity index (χ3n) is 21.0. The molecule has 3 heterocycles. The third kappa shape index (κ3) is 9.53. The summed E-state index contributed by atoms with van der Waals surface area (Å²) in [6.07, 6.45) is 0. The Balaban J connectivity index is 1.03. The molecule has 0 N–H and O–H groups in total. The summed E-state index contributed by atoms with van der Waals surface area (Å²) in [6.45, 7) is 27.9. The molecule has 3 nitrogen and oxygen atoms in total. The largest absolute Gasteiger partial charge is 0.454 e. The zero-order valence-corrected chi connectivity index (χ0v) is 57.2. The number of fused-ring (bicyclic) bond motifs is 14. The third-order valence-corrected chi connectivity index (χ3v) is 21.0. The quantitative estimate of drug-likeness (QED) is 0.122. The SMILES string of the molecule is CC(C)(C)c1cc(-c2ccccc2N2c3cc(-c4cc5ccccc5c5ccccc45)ccc3B3c4ccc(-c5cc6ccccc6c6ccccc56)cc4N(c4ccccc4-c4cc(C(C)(C)C)cc(C(C)(C)C)c4)c4c3c2cc2c4oc3ccccc32)cc(C(C)(C)C)c1. The lowest BCUT2D eigenvalue weighted by molar-refractivity contribution is 0.568. The van der Waals surface area contributed by atoms with Gasteiger partial charge in [-0.2, -0.15) is 0 Å². The normalized spacial score (nSPS) is 13.4. The van der Waals surface area contributed by atoms with Crippen molar-refractivity contribution >= 4 is 122 Å². The fourth-order valence-corrected chi connectivity index (χ4v) is 15.8. The fraction of sp³-hybridized carbons (Fsp3) is 0.174. The molecule has 0 saturated carbocycles. The molecule has 0 atom stereocenters. The van der Waals surface area contributed by atoms with Gasteiger partial charge in [0.1, 0.15) is 5.58 Å². The molecule has 466 valence electrons. The van der Waals surface area contributed by atoms with Crippen LogP contribution in [0.5, 0.6) is 0 Å². The molecule has 0 unspecified atom stereocenters. The first-order valence-corrected chi connectivity index (χ1v) is 34.3. The summed E-state index contributed by atoms with van der Waals surface area (Å²) in [7, 11) is 0. The van der Waals surface area contributed by atoms with Crippen LogP contribution in [0.2, 0.25) is 0 Å². The Bertz CT molecular complexity index is 5660. The van der Waals surface area contributed by atoms with Crippen LogP contribution < -0.4 is 26.2 Å². The first-order valence-electron chi connectivity index (χ1n) is 34.3. The van der Waals surface area contributed by atoms with Crippen LogP contribution >= 0.6 is 0 Å². The van der Waals surface area contributed by atoms with Gasteiger partial charge in [0.25, 0.3) is 6.71 Å². The number of furan rings is 1. The summed E-state index contributed by atoms with van der Waals surface area (Å²) in [5.74, 6) is 0. The van der Waals surface area contributed by atoms with Gasteiger partial charge in [-0.3, -0.25) is 0 Å². The number of rotatable bonds is 6. The van der Waals surface area contributed by atoms with Gasteiger partial charge >= 0.3 is 0 Å². The second-order valence-electron chi connectivity index (χ2n) is 31.3. The second-order valence-corrected chi connectivity index (χ2v) is 31.3. The topological polar surface area (TPSA) is 19.6 Å². The van der Waals surface area contributed by atoms with Crippen LogP contribution in [0.4, 0.5) is 34.1 Å². The Morgan fingerprint density at radius 3 is 1.12 bits per heavy atom. The van der Waals surface area contributed by atoms with Gasteiger partial charge in [0, 0.05) is 39.0 Å². The number of benzene rings is 14. The Kier molecular flexibility index (Phi) is 13.3. The number of para-hydroxylation sites is 3. The number of anilines is 6. The average molecular weight is 1240 g/mol. The lowest BCUT2D eigenvalue weighted by atomic mass is 9.33. The van der Waals surface area contributed by atoms with Crippen molar-refractivity contribution in [3.05, 3.63) is 283 Å². The monoisotopic (exact) mass is 1240 g/mol. The van der Waals surface area contributed by atoms with Crippen molar-refractivity contribution in [3.63, 3.8) is 0 Å². The summed E-state index contributed by atoms with van der Waals surface area (Å²) in [5.41, 5.74) is 26.3. The van der Waals surface area contributed by atoms with Crippen molar-refractivity contribution in [1.29, 1.82) is 0 Å². The molecule has 2 aliphatic heterocycles. The molecule has 0 fully saturated rings. The molecule has 0 amide bonds. The van der Waals surface area contributed by atoms with E-state index in [-0.39, 0.29) is 28.4 Å². The van der Waals surface area contributed by atoms with E-state index < -0.39 is 0 Å². The minimum atomic E-state index is -0.234. The first-order chi connectivity index (χ1) is 46.1. The van der Waals surface area contributed by atoms with E-state index in [1.54, 1.807) is 0 Å². The molecule has 14 aromatic carbocycles. The van der Waals surface area contributed by atoms with Gasteiger partial charge in [-0.15, -0.1) is 0 Å². The maximum atomic E-state index is 7.59. The van der Waals surface area contributed by atoms with Crippen molar-refractivity contribution in [1.82, 2.24) is 0 Å². The van der Waals surface area contributed by atoms with E-state index in [2.05, 4.69) is 354 Å². The Morgan fingerprint density at radius 1 is 0.271 bits per heavy atom. The van der Waals surface area contributed by atoms with Crippen molar-refractivity contribution < 1.29 is 4.42 Å². The highest BCUT2D eigenvalue weighted by Crippen LogP contribution is 2.54. The van der Waals surface area contributed by atoms with Gasteiger partial charge in [-0.05, 0) is 185 Å². The van der Waals surface area contributed by atoms with Crippen molar-refractivity contribution in [2.45, 2.75) is 105 Å². The zero-order valence-electron chi connectivity index (χ0n) is 57.2. The van der Waals surface area contributed by atoms with Gasteiger partial charge in [0.05, 0.1) is 17.1 Å². The van der Waals surface area contributed by atoms with Gasteiger partial charge < -0.3 is 14.2 Å². The number of hydrogen-bond acceptors (Lipinski definition) is 3. The van der Waals surface area contributed by atoms with Crippen molar-refractivity contribution in [2.24, 2.45) is 0 Å². The van der Waals surface area contributed by atoms with Crippen LogP contribution in [-0.2, 0) is 21.7 Å². The maximum absolute atomic E-state index is 7.59. The highest BCUT2D eigenvalue weighted by atomic mass is 16.3. The summed E-state index contributed by atoms with van der Waals surface area (Å²) in [4.78, 5) is 5.28. The molecule has 0 saturated heterocycles. The van der Waals surface area contributed by atoms with E-state index in [4.69, 9.17) is 4.42 Å². The Hall–Kier alpha value is -10.4. The minimum Gasteiger partial charge on any atom is -0.454 e. The van der Waals surface area contributed by atoms with E-state index >= 15 is 0 Å². The van der Waals surface area contributed by atoms with Crippen LogP contribution in [0.25, 0.3) is 110 Å². The van der Waals surface area contributed by atoms with E-state index in [1.807, 2.05) is 0 Å². The predicted octanol–water partition coefficient (Wildman–Crippen LogP) is 24.1. The first kappa shape index (κ1) is 59.3. The molecule has 2 aliphatic rings. The van der Waals surface area contributed by atoms with E-state index in [0.717, 1.165) is 67.2 Å². The Morgan fingerprint density at radius 2 is 0.656 bits per heavy atom. The maximum Gasteiger partial charge on any atom is 0.252 e. The molecular weight excluding hydrogens is 1160 g/mol. The molecule has 4 heteroatoms. The molecule has 0 spiro atoms. The summed E-state index contributed by atoms with van der Waals surface area (Å²) in [5, 5.41) is 12.0. The standard InChI is InChI=1S/C92H79BN2O/c1-89(2,3)62-45-60(46-63(53-62)90(4,5)6)68-31-21-24-38-80(68)94-82-51-58(75-49-56-27-13-15-29-66(56)70-33-17-19-35-72(70)75)41-43-78(82)93-79-44-42-59(76-50-57-28-14-16-30-67(57)71-34-18-20-36-73(71)76)52-83(79)95(87-86(93)84(94)55-77-74-37-23-26-40-85(74)96-88(77)87)81-39-25-22-32-69(81)61-47-64(91(7,8)9)54-65(48-61)92(10,11)12/h13-55H,1-12H3. The van der Waals surface area contributed by atoms with E-state index in [1.165, 1.54) is 115 Å². The van der Waals surface area contributed by atoms with Crippen LogP contribution in [0.1, 0.15) is 105 Å². The molecule has 1 aromatic heterocycles. The van der Waals surface area contributed by atoms with Gasteiger partial charge in [0.15, 0.2) is 5.58 Å². The highest BCUT2D eigenvalue weighted by molar-refractivity contribution is 7.00. The van der Waals surface area contributed by atoms with Crippen LogP contribution in [0.15, 0.2) is 265 Å². The van der Waals surface area contributed by atoms with Crippen LogP contribution in [0.3, 0.4) is 0 Å². The lowest BCUT2D eigenvalue weighted by Crippen LogP contribution is -2.61. The molecule has 0 aliphatic carbocycles.